The van der Waals surface area contributed by atoms with E-state index in [1.165, 1.54) is 0 Å². The Labute approximate surface area is 189 Å². The number of hydrogen-bond acceptors (Lipinski definition) is 0. The van der Waals surface area contributed by atoms with Crippen LogP contribution in [0.2, 0.25) is 0 Å². The van der Waals surface area contributed by atoms with Crippen molar-refractivity contribution in [1.29, 1.82) is 0 Å². The van der Waals surface area contributed by atoms with Gasteiger partial charge in [0, 0.05) is 0 Å². The zero-order chi connectivity index (χ0) is 22.5. The van der Waals surface area contributed by atoms with Crippen LogP contribution in [-0.4, -0.2) is 10.2 Å². The molecule has 0 aliphatic heterocycles. The lowest BCUT2D eigenvalue weighted by atomic mass is 9.90. The van der Waals surface area contributed by atoms with Gasteiger partial charge in [-0.2, -0.15) is 0 Å². The quantitative estimate of drug-likeness (QED) is 0.228. The highest BCUT2D eigenvalue weighted by Gasteiger charge is 2.20. The molecular formula is C30H28O2+2. The molecule has 0 heterocycles. The Morgan fingerprint density at radius 3 is 1.25 bits per heavy atom. The Hall–Kier alpha value is -4.04. The highest BCUT2D eigenvalue weighted by Crippen LogP contribution is 2.41. The Balaban J connectivity index is 1.96. The molecule has 0 fully saturated rings. The summed E-state index contributed by atoms with van der Waals surface area (Å²) in [5.74, 6) is 1.07. The summed E-state index contributed by atoms with van der Waals surface area (Å²) in [4.78, 5) is 0. The van der Waals surface area contributed by atoms with Crippen LogP contribution in [0.4, 0.5) is 0 Å². The van der Waals surface area contributed by atoms with Crippen molar-refractivity contribution in [1.82, 2.24) is 0 Å². The molecule has 0 saturated heterocycles. The van der Waals surface area contributed by atoms with Gasteiger partial charge in [0.2, 0.25) is 0 Å². The van der Waals surface area contributed by atoms with Crippen molar-refractivity contribution in [2.75, 3.05) is 0 Å². The summed E-state index contributed by atoms with van der Waals surface area (Å²) < 4.78 is 0. The van der Waals surface area contributed by atoms with Crippen molar-refractivity contribution in [3.05, 3.63) is 121 Å². The molecule has 0 atom stereocenters. The third-order valence-corrected chi connectivity index (χ3v) is 5.67. The topological polar surface area (TPSA) is 45.8 Å². The standard InChI is InChI=1S/C30H26O2/c1-3-11-23-17-25(19-27(29(23)31)21-13-7-5-8-14-21)26-18-24(12-4-2)30(32)28(20-26)22-15-9-6-10-16-22/h3-10,13-20,31-32H,1-2,11-12H2/p+2. The molecule has 0 amide bonds. The van der Waals surface area contributed by atoms with E-state index in [0.29, 0.717) is 24.3 Å². The predicted octanol–water partition coefficient (Wildman–Crippen LogP) is 7.02. The fourth-order valence-electron chi connectivity index (χ4n) is 4.06. The van der Waals surface area contributed by atoms with Crippen molar-refractivity contribution >= 4 is 0 Å². The minimum Gasteiger partial charge on any atom is -0.593 e. The Kier molecular flexibility index (Phi) is 6.23. The first kappa shape index (κ1) is 21.2. The van der Waals surface area contributed by atoms with Crippen molar-refractivity contribution in [3.63, 3.8) is 0 Å². The van der Waals surface area contributed by atoms with E-state index in [0.717, 1.165) is 44.5 Å². The lowest BCUT2D eigenvalue weighted by Gasteiger charge is -2.13. The zero-order valence-corrected chi connectivity index (χ0v) is 18.1. The van der Waals surface area contributed by atoms with Crippen molar-refractivity contribution in [3.8, 4) is 44.9 Å². The van der Waals surface area contributed by atoms with Crippen LogP contribution < -0.4 is 0 Å². The molecule has 4 rings (SSSR count). The van der Waals surface area contributed by atoms with Crippen LogP contribution in [-0.2, 0) is 12.8 Å². The van der Waals surface area contributed by atoms with Crippen LogP contribution in [0, 0.1) is 0 Å². The van der Waals surface area contributed by atoms with Crippen LogP contribution in [0.25, 0.3) is 33.4 Å². The van der Waals surface area contributed by atoms with Gasteiger partial charge < -0.3 is 10.2 Å². The van der Waals surface area contributed by atoms with Crippen LogP contribution >= 0.6 is 0 Å². The normalized spacial score (nSPS) is 10.6. The first-order valence-electron chi connectivity index (χ1n) is 10.7. The van der Waals surface area contributed by atoms with Gasteiger partial charge in [-0.25, -0.2) is 0 Å². The molecule has 4 N–H and O–H groups in total. The third-order valence-electron chi connectivity index (χ3n) is 5.67. The fourth-order valence-corrected chi connectivity index (χ4v) is 4.06. The Bertz CT molecular complexity index is 1150. The minimum atomic E-state index is 0.534. The van der Waals surface area contributed by atoms with E-state index in [1.54, 1.807) is 0 Å². The molecule has 0 aromatic heterocycles. The molecule has 158 valence electrons. The van der Waals surface area contributed by atoms with Crippen molar-refractivity contribution in [2.45, 2.75) is 12.8 Å². The molecular weight excluding hydrogens is 392 g/mol. The van der Waals surface area contributed by atoms with Gasteiger partial charge in [-0.3, -0.25) is 0 Å². The van der Waals surface area contributed by atoms with Gasteiger partial charge in [-0.1, -0.05) is 72.8 Å². The summed E-state index contributed by atoms with van der Waals surface area (Å²) >= 11 is 0. The van der Waals surface area contributed by atoms with E-state index in [9.17, 15) is 0 Å². The monoisotopic (exact) mass is 420 g/mol. The first-order chi connectivity index (χ1) is 15.6. The highest BCUT2D eigenvalue weighted by atomic mass is 16.3. The second kappa shape index (κ2) is 9.40. The molecule has 0 unspecified atom stereocenters. The minimum absolute atomic E-state index is 0.534. The van der Waals surface area contributed by atoms with Gasteiger partial charge in [0.05, 0.1) is 22.3 Å². The molecule has 0 bridgehead atoms. The van der Waals surface area contributed by atoms with Gasteiger partial charge in [0.25, 0.3) is 11.5 Å². The van der Waals surface area contributed by atoms with E-state index in [-0.39, 0.29) is 0 Å². The van der Waals surface area contributed by atoms with E-state index in [4.69, 9.17) is 10.2 Å². The average Bonchev–Trinajstić information content (AvgIpc) is 2.83. The van der Waals surface area contributed by atoms with E-state index in [2.05, 4.69) is 37.4 Å². The highest BCUT2D eigenvalue weighted by molar-refractivity contribution is 5.83. The van der Waals surface area contributed by atoms with Crippen LogP contribution in [0.15, 0.2) is 110 Å². The molecule has 0 spiro atoms. The molecule has 2 nitrogen and oxygen atoms in total. The molecule has 0 radical (unpaired) electrons. The fraction of sp³-hybridized carbons (Fsp3) is 0.0667. The van der Waals surface area contributed by atoms with Crippen molar-refractivity contribution < 1.29 is 10.2 Å². The molecule has 2 heteroatoms. The second-order valence-corrected chi connectivity index (χ2v) is 7.83. The SMILES string of the molecule is C=CCc1cc(-c2cc(CC=C)c([OH2+])c(-c3ccccc3)c2)cc(-c2ccccc2)c1[OH2+]. The molecule has 32 heavy (non-hydrogen) atoms. The van der Waals surface area contributed by atoms with E-state index in [1.807, 2.05) is 72.8 Å². The smallest absolute Gasteiger partial charge is 0.265 e. The lowest BCUT2D eigenvalue weighted by molar-refractivity contribution is 0.471. The van der Waals surface area contributed by atoms with Gasteiger partial charge in [0.1, 0.15) is 0 Å². The summed E-state index contributed by atoms with van der Waals surface area (Å²) in [7, 11) is 0. The summed E-state index contributed by atoms with van der Waals surface area (Å²) in [6.07, 6.45) is 4.96. The predicted molar refractivity (Wildman–Crippen MR) is 137 cm³/mol. The van der Waals surface area contributed by atoms with Gasteiger partial charge in [-0.05, 0) is 59.4 Å². The maximum absolute atomic E-state index is 8.77. The number of benzene rings is 4. The maximum Gasteiger partial charge on any atom is 0.265 e. The molecule has 4 aromatic rings. The van der Waals surface area contributed by atoms with Crippen LogP contribution in [0.3, 0.4) is 0 Å². The average molecular weight is 421 g/mol. The largest absolute Gasteiger partial charge is 0.593 e. The number of allylic oxidation sites excluding steroid dienone is 2. The molecule has 0 aliphatic rings. The summed E-state index contributed by atoms with van der Waals surface area (Å²) in [6, 6.07) is 28.5. The lowest BCUT2D eigenvalue weighted by Crippen LogP contribution is -1.93. The maximum atomic E-state index is 8.77. The molecule has 4 aromatic carbocycles. The number of rotatable bonds is 7. The van der Waals surface area contributed by atoms with Gasteiger partial charge >= 0.3 is 0 Å². The van der Waals surface area contributed by atoms with E-state index < -0.39 is 0 Å². The second-order valence-electron chi connectivity index (χ2n) is 7.83. The van der Waals surface area contributed by atoms with Crippen molar-refractivity contribution in [2.24, 2.45) is 0 Å². The third kappa shape index (κ3) is 4.21. The van der Waals surface area contributed by atoms with Crippen LogP contribution in [0.1, 0.15) is 11.1 Å². The van der Waals surface area contributed by atoms with E-state index >= 15 is 0 Å². The van der Waals surface area contributed by atoms with Gasteiger partial charge in [0.15, 0.2) is 0 Å². The molecule has 0 aliphatic carbocycles. The van der Waals surface area contributed by atoms with Gasteiger partial charge in [-0.15, -0.1) is 13.2 Å². The summed E-state index contributed by atoms with van der Waals surface area (Å²) in [5.41, 5.74) is 7.82. The summed E-state index contributed by atoms with van der Waals surface area (Å²) in [5, 5.41) is 17.5. The zero-order valence-electron chi connectivity index (χ0n) is 18.1. The first-order valence-corrected chi connectivity index (χ1v) is 10.7. The summed E-state index contributed by atoms with van der Waals surface area (Å²) in [6.45, 7) is 7.77. The molecule has 0 saturated carbocycles. The Morgan fingerprint density at radius 1 is 0.531 bits per heavy atom. The number of hydrogen-bond donors (Lipinski definition) is 0. The Morgan fingerprint density at radius 2 is 0.906 bits per heavy atom. The van der Waals surface area contributed by atoms with Crippen LogP contribution in [0.5, 0.6) is 11.5 Å².